The van der Waals surface area contributed by atoms with Gasteiger partial charge in [-0.3, -0.25) is 0 Å². The molecule has 0 spiro atoms. The summed E-state index contributed by atoms with van der Waals surface area (Å²) in [5.41, 5.74) is 1.21. The van der Waals surface area contributed by atoms with E-state index < -0.39 is 0 Å². The molecule has 0 fully saturated rings. The van der Waals surface area contributed by atoms with Crippen molar-refractivity contribution in [2.75, 3.05) is 0 Å². The van der Waals surface area contributed by atoms with Crippen LogP contribution in [0.4, 0.5) is 0 Å². The molecule has 0 aromatic heterocycles. The maximum Gasteiger partial charge on any atom is 1.00 e. The second-order valence-electron chi connectivity index (χ2n) is 2.39. The summed E-state index contributed by atoms with van der Waals surface area (Å²) in [6.07, 6.45) is 9.67. The third kappa shape index (κ3) is 5.30. The minimum Gasteiger partial charge on any atom is -1.00 e. The van der Waals surface area contributed by atoms with E-state index in [1.165, 1.54) is 5.56 Å². The second-order valence-corrected chi connectivity index (χ2v) is 2.39. The summed E-state index contributed by atoms with van der Waals surface area (Å²) in [6, 6.07) is 10.2. The van der Waals surface area contributed by atoms with Crippen LogP contribution in [0.25, 0.3) is 6.08 Å². The molecule has 0 aliphatic rings. The summed E-state index contributed by atoms with van der Waals surface area (Å²) in [6.45, 7) is 3.58. The Morgan fingerprint density at radius 3 is 2.31 bits per heavy atom. The molecule has 0 unspecified atom stereocenters. The maximum absolute atomic E-state index is 3.58. The summed E-state index contributed by atoms with van der Waals surface area (Å²) in [4.78, 5) is 0. The molecule has 1 aromatic rings. The molecule has 62 valence electrons. The third-order valence-corrected chi connectivity index (χ3v) is 1.45. The van der Waals surface area contributed by atoms with Crippen LogP contribution in [0.15, 0.2) is 61.2 Å². The first-order valence-electron chi connectivity index (χ1n) is 3.94. The van der Waals surface area contributed by atoms with Gasteiger partial charge in [-0.1, -0.05) is 67.3 Å². The average Bonchev–Trinajstić information content (AvgIpc) is 2.14. The molecule has 1 aromatic carbocycles. The topological polar surface area (TPSA) is 0 Å². The first-order chi connectivity index (χ1) is 5.93. The van der Waals surface area contributed by atoms with Crippen molar-refractivity contribution < 1.29 is 20.3 Å². The van der Waals surface area contributed by atoms with E-state index in [-0.39, 0.29) is 20.3 Å². The first kappa shape index (κ1) is 12.0. The van der Waals surface area contributed by atoms with E-state index in [1.807, 2.05) is 36.4 Å². The molecule has 0 heterocycles. The molecule has 0 bridgehead atoms. The SMILES string of the molecule is C=CC=CC=Cc1ccccc1.[H-].[Li+]. The molecule has 13 heavy (non-hydrogen) atoms. The minimum absolute atomic E-state index is 0. The quantitative estimate of drug-likeness (QED) is 0.452. The van der Waals surface area contributed by atoms with Crippen molar-refractivity contribution in [3.05, 3.63) is 66.8 Å². The van der Waals surface area contributed by atoms with E-state index in [0.717, 1.165) is 0 Å². The van der Waals surface area contributed by atoms with Crippen LogP contribution in [0.2, 0.25) is 0 Å². The fraction of sp³-hybridized carbons (Fsp3) is 0. The molecule has 0 aliphatic carbocycles. The van der Waals surface area contributed by atoms with E-state index in [9.17, 15) is 0 Å². The molecule has 1 rings (SSSR count). The van der Waals surface area contributed by atoms with Gasteiger partial charge in [0.2, 0.25) is 0 Å². The van der Waals surface area contributed by atoms with Crippen LogP contribution < -0.4 is 18.9 Å². The van der Waals surface area contributed by atoms with Gasteiger partial charge in [0.1, 0.15) is 0 Å². The molecule has 0 amide bonds. The maximum atomic E-state index is 3.58. The fourth-order valence-electron chi connectivity index (χ4n) is 0.874. The van der Waals surface area contributed by atoms with Crippen molar-refractivity contribution in [1.82, 2.24) is 0 Å². The predicted octanol–water partition coefficient (Wildman–Crippen LogP) is 0.558. The second kappa shape index (κ2) is 7.67. The van der Waals surface area contributed by atoms with E-state index >= 15 is 0 Å². The van der Waals surface area contributed by atoms with Crippen molar-refractivity contribution in [2.24, 2.45) is 0 Å². The van der Waals surface area contributed by atoms with Gasteiger partial charge >= 0.3 is 18.9 Å². The Balaban J connectivity index is 0. The molecule has 0 aliphatic heterocycles. The normalized spacial score (nSPS) is 10.2. The molecule has 0 atom stereocenters. The number of hydrogen-bond acceptors (Lipinski definition) is 0. The zero-order chi connectivity index (χ0) is 8.65. The van der Waals surface area contributed by atoms with Gasteiger partial charge in [0.25, 0.3) is 0 Å². The number of allylic oxidation sites excluding steroid dienone is 4. The minimum atomic E-state index is 0. The Kier molecular flexibility index (Phi) is 7.11. The Hall–Kier alpha value is -0.963. The van der Waals surface area contributed by atoms with Gasteiger partial charge in [-0.15, -0.1) is 0 Å². The zero-order valence-electron chi connectivity index (χ0n) is 8.98. The van der Waals surface area contributed by atoms with Crippen LogP contribution in [-0.2, 0) is 0 Å². The van der Waals surface area contributed by atoms with Crippen LogP contribution in [0, 0.1) is 0 Å². The largest absolute Gasteiger partial charge is 1.00 e. The van der Waals surface area contributed by atoms with Crippen LogP contribution in [0.1, 0.15) is 6.99 Å². The molecular formula is C12H13Li. The Morgan fingerprint density at radius 1 is 1.00 bits per heavy atom. The standard InChI is InChI=1S/C12H12.Li.H/c1-2-3-4-6-9-12-10-7-5-8-11-12;;/h2-11H,1H2;;/q;+1;-1. The summed E-state index contributed by atoms with van der Waals surface area (Å²) >= 11 is 0. The Labute approximate surface area is 93.3 Å². The molecule has 0 radical (unpaired) electrons. The van der Waals surface area contributed by atoms with Crippen molar-refractivity contribution >= 4 is 6.08 Å². The Bertz CT molecular complexity index is 288. The predicted molar refractivity (Wildman–Crippen MR) is 55.9 cm³/mol. The van der Waals surface area contributed by atoms with Crippen LogP contribution in [0.5, 0.6) is 0 Å². The smallest absolute Gasteiger partial charge is 1.00 e. The number of hydrogen-bond donors (Lipinski definition) is 0. The zero-order valence-corrected chi connectivity index (χ0v) is 7.98. The fourth-order valence-corrected chi connectivity index (χ4v) is 0.874. The van der Waals surface area contributed by atoms with Gasteiger partial charge in [-0.05, 0) is 5.56 Å². The summed E-state index contributed by atoms with van der Waals surface area (Å²) in [7, 11) is 0. The molecule has 0 nitrogen and oxygen atoms in total. The van der Waals surface area contributed by atoms with Crippen LogP contribution in [-0.4, -0.2) is 0 Å². The molecular weight excluding hydrogens is 151 g/mol. The summed E-state index contributed by atoms with van der Waals surface area (Å²) in [5.74, 6) is 0. The van der Waals surface area contributed by atoms with Crippen molar-refractivity contribution in [1.29, 1.82) is 0 Å². The van der Waals surface area contributed by atoms with E-state index in [1.54, 1.807) is 6.08 Å². The Morgan fingerprint density at radius 2 is 1.69 bits per heavy atom. The van der Waals surface area contributed by atoms with Gasteiger partial charge in [0.05, 0.1) is 0 Å². The number of benzene rings is 1. The monoisotopic (exact) mass is 164 g/mol. The summed E-state index contributed by atoms with van der Waals surface area (Å²) in [5, 5.41) is 0. The van der Waals surface area contributed by atoms with Gasteiger partial charge < -0.3 is 1.43 Å². The van der Waals surface area contributed by atoms with E-state index in [4.69, 9.17) is 0 Å². The van der Waals surface area contributed by atoms with Gasteiger partial charge in [0, 0.05) is 0 Å². The van der Waals surface area contributed by atoms with E-state index in [0.29, 0.717) is 0 Å². The van der Waals surface area contributed by atoms with Gasteiger partial charge in [-0.2, -0.15) is 0 Å². The molecule has 0 N–H and O–H groups in total. The van der Waals surface area contributed by atoms with Gasteiger partial charge in [0.15, 0.2) is 0 Å². The van der Waals surface area contributed by atoms with Crippen LogP contribution in [0.3, 0.4) is 0 Å². The average molecular weight is 164 g/mol. The van der Waals surface area contributed by atoms with Crippen molar-refractivity contribution in [3.63, 3.8) is 0 Å². The van der Waals surface area contributed by atoms with E-state index in [2.05, 4.69) is 24.8 Å². The molecule has 0 saturated carbocycles. The van der Waals surface area contributed by atoms with Gasteiger partial charge in [-0.25, -0.2) is 0 Å². The number of rotatable bonds is 3. The van der Waals surface area contributed by atoms with Crippen LogP contribution >= 0.6 is 0 Å². The first-order valence-corrected chi connectivity index (χ1v) is 3.94. The molecule has 1 heteroatoms. The summed E-state index contributed by atoms with van der Waals surface area (Å²) < 4.78 is 0. The van der Waals surface area contributed by atoms with Crippen molar-refractivity contribution in [3.8, 4) is 0 Å². The van der Waals surface area contributed by atoms with Crippen molar-refractivity contribution in [2.45, 2.75) is 0 Å². The molecule has 0 saturated heterocycles. The third-order valence-electron chi connectivity index (χ3n) is 1.45.